The summed E-state index contributed by atoms with van der Waals surface area (Å²) in [6.07, 6.45) is 1.75. The van der Waals surface area contributed by atoms with E-state index in [0.717, 1.165) is 12.8 Å². The number of hydrogen-bond acceptors (Lipinski definition) is 4. The molecule has 1 atom stereocenters. The van der Waals surface area contributed by atoms with Gasteiger partial charge in [-0.25, -0.2) is 0 Å². The van der Waals surface area contributed by atoms with Gasteiger partial charge in [-0.2, -0.15) is 0 Å². The van der Waals surface area contributed by atoms with Crippen LogP contribution in [0.15, 0.2) is 18.2 Å². The minimum absolute atomic E-state index is 0.225. The Hall–Kier alpha value is -1.62. The topological polar surface area (TPSA) is 89.4 Å². The van der Waals surface area contributed by atoms with Crippen molar-refractivity contribution >= 4 is 5.69 Å². The van der Waals surface area contributed by atoms with E-state index in [1.165, 1.54) is 12.1 Å². The van der Waals surface area contributed by atoms with Gasteiger partial charge in [-0.05, 0) is 30.4 Å². The number of nitrogens with two attached hydrogens (primary N) is 1. The molecule has 0 fully saturated rings. The van der Waals surface area contributed by atoms with Gasteiger partial charge in [-0.1, -0.05) is 19.9 Å². The van der Waals surface area contributed by atoms with E-state index in [2.05, 4.69) is 13.8 Å². The van der Waals surface area contributed by atoms with Crippen LogP contribution in [0.5, 0.6) is 5.75 Å². The third kappa shape index (κ3) is 3.71. The highest BCUT2D eigenvalue weighted by molar-refractivity contribution is 5.48. The molecular weight excluding hydrogens is 220 g/mol. The minimum atomic E-state index is -0.603. The number of nitro groups is 1. The number of nitrogens with zero attached hydrogens (tertiary/aromatic N) is 1. The van der Waals surface area contributed by atoms with Crippen LogP contribution in [0.2, 0.25) is 0 Å². The first-order valence-corrected chi connectivity index (χ1v) is 5.64. The van der Waals surface area contributed by atoms with Crippen LogP contribution in [-0.4, -0.2) is 10.0 Å². The van der Waals surface area contributed by atoms with Gasteiger partial charge < -0.3 is 10.8 Å². The van der Waals surface area contributed by atoms with Crippen LogP contribution in [0, 0.1) is 16.0 Å². The second-order valence-electron chi connectivity index (χ2n) is 4.58. The third-order valence-electron chi connectivity index (χ3n) is 2.68. The van der Waals surface area contributed by atoms with Crippen LogP contribution in [0.25, 0.3) is 0 Å². The molecule has 0 saturated heterocycles. The van der Waals surface area contributed by atoms with E-state index in [-0.39, 0.29) is 17.5 Å². The van der Waals surface area contributed by atoms with E-state index < -0.39 is 4.92 Å². The summed E-state index contributed by atoms with van der Waals surface area (Å²) in [5, 5.41) is 20.0. The summed E-state index contributed by atoms with van der Waals surface area (Å²) in [6, 6.07) is 4.08. The van der Waals surface area contributed by atoms with Crippen molar-refractivity contribution in [2.45, 2.75) is 32.7 Å². The fourth-order valence-electron chi connectivity index (χ4n) is 1.60. The average Bonchev–Trinajstić information content (AvgIpc) is 2.26. The number of phenolic OH excluding ortho intramolecular Hbond substituents is 1. The number of benzene rings is 1. The molecular formula is C12H18N2O3. The number of rotatable bonds is 5. The number of nitro benzene ring substituents is 1. The standard InChI is InChI=1S/C12H18N2O3/c1-8(2)3-5-10(13)9-4-6-12(15)11(7-9)14(16)17/h4,6-8,10,15H,3,5,13H2,1-2H3/t10-/m0/s1. The van der Waals surface area contributed by atoms with Crippen LogP contribution < -0.4 is 5.73 Å². The van der Waals surface area contributed by atoms with Gasteiger partial charge in [-0.3, -0.25) is 10.1 Å². The van der Waals surface area contributed by atoms with Crippen LogP contribution in [0.3, 0.4) is 0 Å². The molecule has 0 unspecified atom stereocenters. The summed E-state index contributed by atoms with van der Waals surface area (Å²) in [7, 11) is 0. The second kappa shape index (κ2) is 5.63. The molecule has 1 aromatic carbocycles. The molecule has 5 heteroatoms. The molecule has 1 aromatic rings. The van der Waals surface area contributed by atoms with Crippen molar-refractivity contribution in [3.8, 4) is 5.75 Å². The van der Waals surface area contributed by atoms with Crippen molar-refractivity contribution < 1.29 is 10.0 Å². The van der Waals surface area contributed by atoms with Crippen LogP contribution in [0.1, 0.15) is 38.3 Å². The summed E-state index contributed by atoms with van der Waals surface area (Å²) in [4.78, 5) is 10.1. The molecule has 0 bridgehead atoms. The van der Waals surface area contributed by atoms with E-state index >= 15 is 0 Å². The van der Waals surface area contributed by atoms with Gasteiger partial charge in [0, 0.05) is 12.1 Å². The highest BCUT2D eigenvalue weighted by Gasteiger charge is 2.16. The summed E-state index contributed by atoms with van der Waals surface area (Å²) in [6.45, 7) is 4.21. The highest BCUT2D eigenvalue weighted by atomic mass is 16.6. The molecule has 0 aliphatic rings. The van der Waals surface area contributed by atoms with E-state index in [4.69, 9.17) is 5.73 Å². The Morgan fingerprint density at radius 2 is 2.06 bits per heavy atom. The summed E-state index contributed by atoms with van der Waals surface area (Å²) in [5.74, 6) is 0.225. The molecule has 5 nitrogen and oxygen atoms in total. The molecule has 0 radical (unpaired) electrons. The Morgan fingerprint density at radius 1 is 1.41 bits per heavy atom. The fourth-order valence-corrected chi connectivity index (χ4v) is 1.60. The zero-order valence-electron chi connectivity index (χ0n) is 10.1. The first-order valence-electron chi connectivity index (χ1n) is 5.64. The average molecular weight is 238 g/mol. The van der Waals surface area contributed by atoms with Gasteiger partial charge in [0.05, 0.1) is 4.92 Å². The van der Waals surface area contributed by atoms with Gasteiger partial charge in [-0.15, -0.1) is 0 Å². The Kier molecular flexibility index (Phi) is 4.45. The van der Waals surface area contributed by atoms with E-state index in [9.17, 15) is 15.2 Å². The number of phenols is 1. The molecule has 0 spiro atoms. The molecule has 0 aliphatic heterocycles. The number of aromatic hydroxyl groups is 1. The lowest BCUT2D eigenvalue weighted by molar-refractivity contribution is -0.385. The lowest BCUT2D eigenvalue weighted by Gasteiger charge is -2.13. The van der Waals surface area contributed by atoms with Crippen molar-refractivity contribution in [2.24, 2.45) is 11.7 Å². The van der Waals surface area contributed by atoms with Crippen molar-refractivity contribution in [3.05, 3.63) is 33.9 Å². The van der Waals surface area contributed by atoms with E-state index in [0.29, 0.717) is 11.5 Å². The molecule has 3 N–H and O–H groups in total. The van der Waals surface area contributed by atoms with Crippen LogP contribution >= 0.6 is 0 Å². The zero-order valence-corrected chi connectivity index (χ0v) is 10.1. The van der Waals surface area contributed by atoms with Crippen LogP contribution in [-0.2, 0) is 0 Å². The lowest BCUT2D eigenvalue weighted by atomic mass is 9.98. The lowest BCUT2D eigenvalue weighted by Crippen LogP contribution is -2.11. The van der Waals surface area contributed by atoms with Crippen molar-refractivity contribution in [1.82, 2.24) is 0 Å². The second-order valence-corrected chi connectivity index (χ2v) is 4.58. The molecule has 0 heterocycles. The smallest absolute Gasteiger partial charge is 0.311 e. The molecule has 1 rings (SSSR count). The van der Waals surface area contributed by atoms with Gasteiger partial charge in [0.15, 0.2) is 5.75 Å². The Labute approximate surface area is 100 Å². The van der Waals surface area contributed by atoms with Gasteiger partial charge in [0.2, 0.25) is 0 Å². The van der Waals surface area contributed by atoms with Crippen LogP contribution in [0.4, 0.5) is 5.69 Å². The maximum absolute atomic E-state index is 10.7. The van der Waals surface area contributed by atoms with Crippen molar-refractivity contribution in [1.29, 1.82) is 0 Å². The molecule has 0 saturated carbocycles. The first kappa shape index (κ1) is 13.4. The van der Waals surface area contributed by atoms with Gasteiger partial charge >= 0.3 is 5.69 Å². The quantitative estimate of drug-likeness (QED) is 0.609. The number of hydrogen-bond donors (Lipinski definition) is 2. The molecule has 0 amide bonds. The normalized spacial score (nSPS) is 12.7. The largest absolute Gasteiger partial charge is 0.502 e. The molecule has 0 aliphatic carbocycles. The SMILES string of the molecule is CC(C)CC[C@H](N)c1ccc(O)c([N+](=O)[O-])c1. The maximum atomic E-state index is 10.7. The molecule has 94 valence electrons. The predicted octanol–water partition coefficient (Wildman–Crippen LogP) is 2.74. The van der Waals surface area contributed by atoms with Crippen molar-refractivity contribution in [3.63, 3.8) is 0 Å². The van der Waals surface area contributed by atoms with Gasteiger partial charge in [0.1, 0.15) is 0 Å². The van der Waals surface area contributed by atoms with Crippen molar-refractivity contribution in [2.75, 3.05) is 0 Å². The molecule has 0 aromatic heterocycles. The highest BCUT2D eigenvalue weighted by Crippen LogP contribution is 2.29. The monoisotopic (exact) mass is 238 g/mol. The van der Waals surface area contributed by atoms with E-state index in [1.807, 2.05) is 0 Å². The summed E-state index contributed by atoms with van der Waals surface area (Å²) < 4.78 is 0. The molecule has 17 heavy (non-hydrogen) atoms. The third-order valence-corrected chi connectivity index (χ3v) is 2.68. The fraction of sp³-hybridized carbons (Fsp3) is 0.500. The van der Waals surface area contributed by atoms with E-state index in [1.54, 1.807) is 6.07 Å². The zero-order chi connectivity index (χ0) is 13.0. The Balaban J connectivity index is 2.84. The van der Waals surface area contributed by atoms with Gasteiger partial charge in [0.25, 0.3) is 0 Å². The maximum Gasteiger partial charge on any atom is 0.311 e. The summed E-state index contributed by atoms with van der Waals surface area (Å²) >= 11 is 0. The Morgan fingerprint density at radius 3 is 2.59 bits per heavy atom. The Bertz CT molecular complexity index is 405. The first-order chi connectivity index (χ1) is 7.91. The predicted molar refractivity (Wildman–Crippen MR) is 65.8 cm³/mol. The summed E-state index contributed by atoms with van der Waals surface area (Å²) in [5.41, 5.74) is 6.36. The minimum Gasteiger partial charge on any atom is -0.502 e.